The number of benzene rings is 10. The Hall–Kier alpha value is -7.22. The molecule has 0 atom stereocenters. The van der Waals surface area contributed by atoms with Crippen molar-refractivity contribution in [3.05, 3.63) is 224 Å². The van der Waals surface area contributed by atoms with Crippen LogP contribution in [0.5, 0.6) is 0 Å². The normalized spacial score (nSPS) is 11.3. The minimum Gasteiger partial charge on any atom is -0.310 e. The van der Waals surface area contributed by atoms with Gasteiger partial charge < -0.3 is 4.90 Å². The van der Waals surface area contributed by atoms with Gasteiger partial charge in [0.2, 0.25) is 0 Å². The van der Waals surface area contributed by atoms with Crippen LogP contribution in [0.15, 0.2) is 218 Å². The highest BCUT2D eigenvalue weighted by atomic mass is 15.1. The van der Waals surface area contributed by atoms with Crippen LogP contribution in [-0.2, 0) is 0 Å². The molecule has 1 nitrogen and oxygen atoms in total. The fourth-order valence-corrected chi connectivity index (χ4v) is 8.48. The molecular formula is C55H39N. The van der Waals surface area contributed by atoms with E-state index in [1.54, 1.807) is 0 Å². The van der Waals surface area contributed by atoms with Crippen LogP contribution < -0.4 is 4.90 Å². The molecule has 0 bridgehead atoms. The summed E-state index contributed by atoms with van der Waals surface area (Å²) in [6.45, 7) is 2.21. The lowest BCUT2D eigenvalue weighted by atomic mass is 9.89. The van der Waals surface area contributed by atoms with Gasteiger partial charge in [0.15, 0.2) is 0 Å². The van der Waals surface area contributed by atoms with Crippen molar-refractivity contribution in [3.8, 4) is 44.5 Å². The van der Waals surface area contributed by atoms with Crippen molar-refractivity contribution >= 4 is 49.4 Å². The van der Waals surface area contributed by atoms with Crippen molar-refractivity contribution in [2.24, 2.45) is 0 Å². The first kappa shape index (κ1) is 33.4. The summed E-state index contributed by atoms with van der Waals surface area (Å²) < 4.78 is 0. The average Bonchev–Trinajstić information content (AvgIpc) is 3.27. The Morgan fingerprint density at radius 2 is 0.750 bits per heavy atom. The summed E-state index contributed by atoms with van der Waals surface area (Å²) in [6, 6.07) is 79.5. The summed E-state index contributed by atoms with van der Waals surface area (Å²) >= 11 is 0. The third-order valence-corrected chi connectivity index (χ3v) is 11.2. The van der Waals surface area contributed by atoms with E-state index in [1.165, 1.54) is 82.4 Å². The van der Waals surface area contributed by atoms with E-state index in [0.29, 0.717) is 0 Å². The number of hydrogen-bond donors (Lipinski definition) is 0. The molecule has 0 aliphatic heterocycles. The summed E-state index contributed by atoms with van der Waals surface area (Å²) in [6.07, 6.45) is 0. The van der Waals surface area contributed by atoms with Crippen LogP contribution in [0.1, 0.15) is 5.56 Å². The van der Waals surface area contributed by atoms with Crippen molar-refractivity contribution in [2.45, 2.75) is 6.92 Å². The molecule has 264 valence electrons. The number of fused-ring (bicyclic) bond motifs is 3. The lowest BCUT2D eigenvalue weighted by molar-refractivity contribution is 1.30. The van der Waals surface area contributed by atoms with Crippen LogP contribution >= 0.6 is 0 Å². The Kier molecular flexibility index (Phi) is 8.46. The molecule has 0 saturated heterocycles. The van der Waals surface area contributed by atoms with E-state index < -0.39 is 0 Å². The first-order valence-corrected chi connectivity index (χ1v) is 19.3. The summed E-state index contributed by atoms with van der Waals surface area (Å²) in [4.78, 5) is 2.41. The van der Waals surface area contributed by atoms with E-state index in [9.17, 15) is 0 Å². The minimum absolute atomic E-state index is 1.10. The largest absolute Gasteiger partial charge is 0.310 e. The van der Waals surface area contributed by atoms with Gasteiger partial charge in [-0.15, -0.1) is 0 Å². The lowest BCUT2D eigenvalue weighted by Crippen LogP contribution is -2.10. The van der Waals surface area contributed by atoms with E-state index in [1.807, 2.05) is 0 Å². The molecule has 10 aromatic rings. The molecular weight excluding hydrogens is 675 g/mol. The average molecular weight is 714 g/mol. The van der Waals surface area contributed by atoms with Crippen molar-refractivity contribution in [1.29, 1.82) is 0 Å². The van der Waals surface area contributed by atoms with Crippen molar-refractivity contribution < 1.29 is 0 Å². The number of hydrogen-bond acceptors (Lipinski definition) is 1. The zero-order valence-electron chi connectivity index (χ0n) is 31.2. The van der Waals surface area contributed by atoms with Gasteiger partial charge in [-0.2, -0.15) is 0 Å². The Labute approximate surface area is 328 Å². The fraction of sp³-hybridized carbons (Fsp3) is 0.0182. The van der Waals surface area contributed by atoms with Crippen LogP contribution in [-0.4, -0.2) is 0 Å². The minimum atomic E-state index is 1.10. The molecule has 10 rings (SSSR count). The summed E-state index contributed by atoms with van der Waals surface area (Å²) in [5.41, 5.74) is 14.4. The second-order valence-corrected chi connectivity index (χ2v) is 14.5. The molecule has 0 aliphatic rings. The first-order chi connectivity index (χ1) is 27.7. The Morgan fingerprint density at radius 1 is 0.286 bits per heavy atom. The summed E-state index contributed by atoms with van der Waals surface area (Å²) in [7, 11) is 0. The Bertz CT molecular complexity index is 2990. The molecule has 0 unspecified atom stereocenters. The molecule has 0 aliphatic carbocycles. The van der Waals surface area contributed by atoms with E-state index in [4.69, 9.17) is 0 Å². The van der Waals surface area contributed by atoms with Crippen molar-refractivity contribution in [1.82, 2.24) is 0 Å². The molecule has 0 N–H and O–H groups in total. The highest BCUT2D eigenvalue weighted by Crippen LogP contribution is 2.45. The highest BCUT2D eigenvalue weighted by Gasteiger charge is 2.19. The molecule has 0 spiro atoms. The van der Waals surface area contributed by atoms with Crippen molar-refractivity contribution in [2.75, 3.05) is 4.90 Å². The highest BCUT2D eigenvalue weighted by molar-refractivity contribution is 6.11. The first-order valence-electron chi connectivity index (χ1n) is 19.3. The zero-order chi connectivity index (χ0) is 37.4. The van der Waals surface area contributed by atoms with Crippen molar-refractivity contribution in [3.63, 3.8) is 0 Å². The van der Waals surface area contributed by atoms with E-state index in [-0.39, 0.29) is 0 Å². The lowest BCUT2D eigenvalue weighted by Gasteiger charge is -2.28. The van der Waals surface area contributed by atoms with Crippen LogP contribution in [0.2, 0.25) is 0 Å². The van der Waals surface area contributed by atoms with Gasteiger partial charge in [-0.3, -0.25) is 0 Å². The maximum absolute atomic E-state index is 2.41. The third kappa shape index (κ3) is 5.91. The monoisotopic (exact) mass is 713 g/mol. The Balaban J connectivity index is 1.14. The van der Waals surface area contributed by atoms with Gasteiger partial charge in [-0.05, 0) is 114 Å². The topological polar surface area (TPSA) is 3.24 Å². The molecule has 0 aromatic heterocycles. The quantitative estimate of drug-likeness (QED) is 0.159. The standard InChI is InChI=1S/C55H39N/c1-38-26-35-49(55-46(38)23-13-24-48(55)42-16-6-3-7-17-42)43-29-33-45(34-30-43)56(44-31-27-40(28-32-44)39-14-4-2-5-15-39)54-37-36-52(51-21-10-11-22-53(51)54)50-25-12-19-41-18-8-9-20-47(41)50/h2-37H,1H3. The Morgan fingerprint density at radius 3 is 1.48 bits per heavy atom. The van der Waals surface area contributed by atoms with Gasteiger partial charge in [-0.25, -0.2) is 0 Å². The smallest absolute Gasteiger partial charge is 0.0540 e. The van der Waals surface area contributed by atoms with Crippen LogP contribution in [0.3, 0.4) is 0 Å². The summed E-state index contributed by atoms with van der Waals surface area (Å²) in [5, 5.41) is 7.50. The fourth-order valence-electron chi connectivity index (χ4n) is 8.48. The van der Waals surface area contributed by atoms with Gasteiger partial charge in [-0.1, -0.05) is 188 Å². The molecule has 1 heteroatoms. The molecule has 0 saturated carbocycles. The van der Waals surface area contributed by atoms with Gasteiger partial charge in [0.25, 0.3) is 0 Å². The molecule has 0 radical (unpaired) electrons. The maximum atomic E-state index is 2.41. The number of nitrogens with zero attached hydrogens (tertiary/aromatic N) is 1. The number of aryl methyl sites for hydroxylation is 1. The second-order valence-electron chi connectivity index (χ2n) is 14.5. The SMILES string of the molecule is Cc1ccc(-c2ccc(N(c3ccc(-c4ccccc4)cc3)c3ccc(-c4cccc5ccccc45)c4ccccc34)cc2)c2c(-c3ccccc3)cccc12. The summed E-state index contributed by atoms with van der Waals surface area (Å²) in [5.74, 6) is 0. The predicted octanol–water partition coefficient (Wildman–Crippen LogP) is 15.6. The maximum Gasteiger partial charge on any atom is 0.0540 e. The predicted molar refractivity (Wildman–Crippen MR) is 240 cm³/mol. The molecule has 0 heterocycles. The van der Waals surface area contributed by atoms with Gasteiger partial charge in [0, 0.05) is 16.8 Å². The van der Waals surface area contributed by atoms with E-state index in [0.717, 1.165) is 17.1 Å². The molecule has 56 heavy (non-hydrogen) atoms. The number of anilines is 3. The zero-order valence-corrected chi connectivity index (χ0v) is 31.2. The second kappa shape index (κ2) is 14.2. The molecule has 0 fully saturated rings. The molecule has 0 amide bonds. The van der Waals surface area contributed by atoms with Gasteiger partial charge in [0.05, 0.1) is 5.69 Å². The van der Waals surface area contributed by atoms with E-state index in [2.05, 4.69) is 230 Å². The van der Waals surface area contributed by atoms with Gasteiger partial charge >= 0.3 is 0 Å². The molecule has 10 aromatic carbocycles. The third-order valence-electron chi connectivity index (χ3n) is 11.2. The van der Waals surface area contributed by atoms with E-state index >= 15 is 0 Å². The van der Waals surface area contributed by atoms with Gasteiger partial charge in [0.1, 0.15) is 0 Å². The van der Waals surface area contributed by atoms with Crippen LogP contribution in [0, 0.1) is 6.92 Å². The number of rotatable bonds is 7. The van der Waals surface area contributed by atoms with Crippen LogP contribution in [0.4, 0.5) is 17.1 Å². The van der Waals surface area contributed by atoms with Crippen LogP contribution in [0.25, 0.3) is 76.8 Å².